The first-order chi connectivity index (χ1) is 11.6. The number of nitrogens with zero attached hydrogens (tertiary/aromatic N) is 2. The fourth-order valence-electron chi connectivity index (χ4n) is 2.37. The molecule has 1 aromatic carbocycles. The van der Waals surface area contributed by atoms with Gasteiger partial charge in [0.1, 0.15) is 12.3 Å². The van der Waals surface area contributed by atoms with Crippen molar-refractivity contribution in [2.24, 2.45) is 4.99 Å². The number of nitrogens with one attached hydrogen (secondary N) is 2. The predicted molar refractivity (Wildman–Crippen MR) is 115 cm³/mol. The fraction of sp³-hybridized carbons (Fsp3) is 0.529. The van der Waals surface area contributed by atoms with Crippen molar-refractivity contribution in [3.63, 3.8) is 0 Å². The lowest BCUT2D eigenvalue weighted by Gasteiger charge is -2.28. The summed E-state index contributed by atoms with van der Waals surface area (Å²) in [7, 11) is 3.47. The number of carbonyl (C=O) groups is 1. The summed E-state index contributed by atoms with van der Waals surface area (Å²) in [5.41, 5.74) is 1.13. The highest BCUT2D eigenvalue weighted by atomic mass is 127. The third-order valence-corrected chi connectivity index (χ3v) is 4.35. The molecule has 1 aliphatic heterocycles. The molecular weight excluding hydrogens is 451 g/mol. The highest BCUT2D eigenvalue weighted by Crippen LogP contribution is 2.31. The van der Waals surface area contributed by atoms with Crippen LogP contribution in [0.25, 0.3) is 0 Å². The molecule has 1 heterocycles. The van der Waals surface area contributed by atoms with Gasteiger partial charge >= 0.3 is 0 Å². The van der Waals surface area contributed by atoms with Crippen LogP contribution in [0, 0.1) is 0 Å². The van der Waals surface area contributed by atoms with Gasteiger partial charge in [0.15, 0.2) is 5.96 Å². The number of benzene rings is 1. The summed E-state index contributed by atoms with van der Waals surface area (Å²) in [5.74, 6) is 2.54. The third kappa shape index (κ3) is 6.93. The van der Waals surface area contributed by atoms with Crippen molar-refractivity contribution in [1.29, 1.82) is 0 Å². The number of fused-ring (bicyclic) bond motifs is 1. The maximum Gasteiger partial charge on any atom is 0.243 e. The summed E-state index contributed by atoms with van der Waals surface area (Å²) in [6, 6.07) is 8.16. The molecule has 140 valence electrons. The average molecular weight is 478 g/mol. The Morgan fingerprint density at radius 3 is 2.88 bits per heavy atom. The first-order valence-electron chi connectivity index (χ1n) is 8.07. The number of thioether (sulfide) groups is 1. The van der Waals surface area contributed by atoms with E-state index in [9.17, 15) is 4.79 Å². The van der Waals surface area contributed by atoms with Gasteiger partial charge in [0.05, 0.1) is 12.6 Å². The summed E-state index contributed by atoms with van der Waals surface area (Å²) < 4.78 is 5.70. The number of para-hydroxylation sites is 1. The summed E-state index contributed by atoms with van der Waals surface area (Å²) in [4.78, 5) is 17.8. The molecule has 1 aromatic rings. The molecule has 8 heteroatoms. The number of carbonyl (C=O) groups excluding carboxylic acids is 1. The van der Waals surface area contributed by atoms with Gasteiger partial charge in [-0.3, -0.25) is 4.79 Å². The van der Waals surface area contributed by atoms with Gasteiger partial charge < -0.3 is 20.3 Å². The molecule has 6 nitrogen and oxygen atoms in total. The lowest BCUT2D eigenvalue weighted by molar-refractivity contribution is -0.127. The molecule has 2 rings (SSSR count). The fourth-order valence-corrected chi connectivity index (χ4v) is 2.68. The quantitative estimate of drug-likeness (QED) is 0.284. The molecule has 0 bridgehead atoms. The number of ether oxygens (including phenoxy) is 1. The molecule has 0 saturated carbocycles. The molecule has 0 aromatic heterocycles. The number of amides is 1. The van der Waals surface area contributed by atoms with E-state index >= 15 is 0 Å². The van der Waals surface area contributed by atoms with Crippen LogP contribution < -0.4 is 15.4 Å². The first kappa shape index (κ1) is 21.9. The second kappa shape index (κ2) is 11.5. The maximum absolute atomic E-state index is 11.8. The summed E-state index contributed by atoms with van der Waals surface area (Å²) in [6.07, 6.45) is 2.93. The standard InChI is InChI=1S/C17H26N4O2S.HI/c1-21(2)16(22)12-19-17(18-9-11-24-3)20-14-8-10-23-15-7-5-4-6-13(14)15;/h4-7,14H,8-12H2,1-3H3,(H2,18,19,20);1H. The predicted octanol–water partition coefficient (Wildman–Crippen LogP) is 2.11. The number of aliphatic imine (C=N–C) groups is 1. The zero-order valence-electron chi connectivity index (χ0n) is 14.9. The van der Waals surface area contributed by atoms with E-state index in [1.54, 1.807) is 30.8 Å². The van der Waals surface area contributed by atoms with Crippen LogP contribution >= 0.6 is 35.7 Å². The second-order valence-corrected chi connectivity index (χ2v) is 6.73. The Morgan fingerprint density at radius 1 is 1.40 bits per heavy atom. The van der Waals surface area contributed by atoms with Crippen LogP contribution in [0.5, 0.6) is 5.75 Å². The SMILES string of the molecule is CSCCNC(=NCC(=O)N(C)C)NC1CCOc2ccccc21.I. The summed E-state index contributed by atoms with van der Waals surface area (Å²) >= 11 is 1.77. The molecule has 1 unspecified atom stereocenters. The van der Waals surface area contributed by atoms with Gasteiger partial charge in [-0.2, -0.15) is 11.8 Å². The number of guanidine groups is 1. The smallest absolute Gasteiger partial charge is 0.243 e. The topological polar surface area (TPSA) is 66.0 Å². The molecule has 0 fully saturated rings. The monoisotopic (exact) mass is 478 g/mol. The Morgan fingerprint density at radius 2 is 2.16 bits per heavy atom. The van der Waals surface area contributed by atoms with Crippen molar-refractivity contribution in [2.45, 2.75) is 12.5 Å². The molecule has 0 spiro atoms. The van der Waals surface area contributed by atoms with Gasteiger partial charge in [0, 0.05) is 38.4 Å². The molecule has 25 heavy (non-hydrogen) atoms. The van der Waals surface area contributed by atoms with Crippen LogP contribution in [-0.4, -0.2) is 62.6 Å². The number of likely N-dealkylation sites (N-methyl/N-ethyl adjacent to an activating group) is 1. The normalized spacial score (nSPS) is 16.1. The Balaban J connectivity index is 0.00000312. The van der Waals surface area contributed by atoms with E-state index in [1.807, 2.05) is 18.2 Å². The number of hydrogen-bond acceptors (Lipinski definition) is 4. The molecule has 0 saturated heterocycles. The highest BCUT2D eigenvalue weighted by Gasteiger charge is 2.22. The second-order valence-electron chi connectivity index (χ2n) is 5.74. The van der Waals surface area contributed by atoms with Gasteiger partial charge in [0.2, 0.25) is 5.91 Å². The summed E-state index contributed by atoms with van der Waals surface area (Å²) in [6.45, 7) is 1.60. The van der Waals surface area contributed by atoms with Crippen LogP contribution in [0.4, 0.5) is 0 Å². The number of rotatable bonds is 6. The number of halogens is 1. The van der Waals surface area contributed by atoms with Gasteiger partial charge in [-0.05, 0) is 12.3 Å². The van der Waals surface area contributed by atoms with E-state index in [4.69, 9.17) is 4.74 Å². The molecule has 0 aliphatic carbocycles. The van der Waals surface area contributed by atoms with Crippen molar-refractivity contribution >= 4 is 47.6 Å². The van der Waals surface area contributed by atoms with Gasteiger partial charge in [-0.25, -0.2) is 4.99 Å². The van der Waals surface area contributed by atoms with Crippen LogP contribution in [-0.2, 0) is 4.79 Å². The van der Waals surface area contributed by atoms with E-state index in [0.717, 1.165) is 30.0 Å². The van der Waals surface area contributed by atoms with Crippen molar-refractivity contribution in [2.75, 3.05) is 45.8 Å². The van der Waals surface area contributed by atoms with E-state index in [0.29, 0.717) is 12.6 Å². The minimum atomic E-state index is -0.0201. The first-order valence-corrected chi connectivity index (χ1v) is 9.47. The van der Waals surface area contributed by atoms with Crippen molar-refractivity contribution in [3.8, 4) is 5.75 Å². The third-order valence-electron chi connectivity index (χ3n) is 3.74. The molecular formula is C17H27IN4O2S. The van der Waals surface area contributed by atoms with Crippen LogP contribution in [0.1, 0.15) is 18.0 Å². The molecule has 1 aliphatic rings. The lowest BCUT2D eigenvalue weighted by Crippen LogP contribution is -2.42. The van der Waals surface area contributed by atoms with E-state index in [2.05, 4.69) is 27.9 Å². The van der Waals surface area contributed by atoms with E-state index in [1.165, 1.54) is 0 Å². The van der Waals surface area contributed by atoms with Crippen LogP contribution in [0.3, 0.4) is 0 Å². The van der Waals surface area contributed by atoms with Crippen LogP contribution in [0.15, 0.2) is 29.3 Å². The summed E-state index contributed by atoms with van der Waals surface area (Å²) in [5, 5.41) is 6.74. The zero-order chi connectivity index (χ0) is 17.4. The minimum absolute atomic E-state index is 0. The van der Waals surface area contributed by atoms with Gasteiger partial charge in [-0.15, -0.1) is 24.0 Å². The average Bonchev–Trinajstić information content (AvgIpc) is 2.59. The minimum Gasteiger partial charge on any atom is -0.493 e. The number of hydrogen-bond donors (Lipinski definition) is 2. The Kier molecular flexibility index (Phi) is 10.0. The van der Waals surface area contributed by atoms with Crippen LogP contribution in [0.2, 0.25) is 0 Å². The highest BCUT2D eigenvalue weighted by molar-refractivity contribution is 14.0. The zero-order valence-corrected chi connectivity index (χ0v) is 18.1. The van der Waals surface area contributed by atoms with Crippen molar-refractivity contribution in [3.05, 3.63) is 29.8 Å². The molecule has 2 N–H and O–H groups in total. The Bertz CT molecular complexity index is 584. The van der Waals surface area contributed by atoms with Crippen molar-refractivity contribution in [1.82, 2.24) is 15.5 Å². The van der Waals surface area contributed by atoms with Gasteiger partial charge in [-0.1, -0.05) is 18.2 Å². The van der Waals surface area contributed by atoms with Crippen molar-refractivity contribution < 1.29 is 9.53 Å². The maximum atomic E-state index is 11.8. The Hall–Kier alpha value is -1.16. The van der Waals surface area contributed by atoms with Gasteiger partial charge in [0.25, 0.3) is 0 Å². The van der Waals surface area contributed by atoms with E-state index in [-0.39, 0.29) is 42.5 Å². The molecule has 0 radical (unpaired) electrons. The Labute approximate surface area is 171 Å². The molecule has 1 amide bonds. The van der Waals surface area contributed by atoms with E-state index < -0.39 is 0 Å². The largest absolute Gasteiger partial charge is 0.493 e. The lowest BCUT2D eigenvalue weighted by atomic mass is 10.0. The molecule has 1 atom stereocenters.